The van der Waals surface area contributed by atoms with Gasteiger partial charge in [0.15, 0.2) is 11.5 Å². The summed E-state index contributed by atoms with van der Waals surface area (Å²) in [6.45, 7) is 8.93. The zero-order valence-electron chi connectivity index (χ0n) is 31.2. The Morgan fingerprint density at radius 3 is 2.30 bits per heavy atom. The number of hydrogen-bond acceptors (Lipinski definition) is 6. The number of ether oxygens (including phenoxy) is 2. The van der Waals surface area contributed by atoms with Crippen LogP contribution < -0.4 is 9.47 Å². The van der Waals surface area contributed by atoms with Crippen molar-refractivity contribution in [1.29, 1.82) is 0 Å². The molecule has 6 nitrogen and oxygen atoms in total. The molecule has 2 aliphatic heterocycles. The predicted molar refractivity (Wildman–Crippen MR) is 211 cm³/mol. The van der Waals surface area contributed by atoms with Gasteiger partial charge in [-0.3, -0.25) is 14.6 Å². The monoisotopic (exact) mass is 710 g/mol. The van der Waals surface area contributed by atoms with Crippen molar-refractivity contribution in [3.63, 3.8) is 0 Å². The SMILES string of the molecule is C=CCN1CC[C@]23c4c5ccc(OC(C)=O)c4O[C@H]2[C@@H](N(CCCCCCc2ccccc2)CC(c2ccccc2)c2ccccc2)CC[C@@]3(O)[C@H]1C5. The predicted octanol–water partition coefficient (Wildman–Crippen LogP) is 8.26. The molecule has 4 aromatic carbocycles. The van der Waals surface area contributed by atoms with Crippen molar-refractivity contribution in [2.24, 2.45) is 0 Å². The maximum atomic E-state index is 13.2. The summed E-state index contributed by atoms with van der Waals surface area (Å²) in [5.74, 6) is 0.968. The Balaban J connectivity index is 1.15. The molecule has 4 aliphatic rings. The lowest BCUT2D eigenvalue weighted by molar-refractivity contribution is -0.198. The lowest BCUT2D eigenvalue weighted by Crippen LogP contribution is -2.78. The Hall–Kier alpha value is -4.23. The van der Waals surface area contributed by atoms with Crippen LogP contribution in [0.3, 0.4) is 0 Å². The minimum Gasteiger partial charge on any atom is -0.483 e. The fourth-order valence-electron chi connectivity index (χ4n) is 10.6. The van der Waals surface area contributed by atoms with E-state index in [0.29, 0.717) is 17.9 Å². The molecular formula is C47H54N2O4. The van der Waals surface area contributed by atoms with E-state index in [0.717, 1.165) is 70.3 Å². The van der Waals surface area contributed by atoms with Crippen LogP contribution in [0.1, 0.15) is 85.6 Å². The molecule has 8 rings (SSSR count). The molecule has 4 aromatic rings. The second kappa shape index (κ2) is 15.3. The molecule has 1 N–H and O–H groups in total. The van der Waals surface area contributed by atoms with Crippen LogP contribution >= 0.6 is 0 Å². The molecule has 1 saturated carbocycles. The van der Waals surface area contributed by atoms with Gasteiger partial charge >= 0.3 is 5.97 Å². The number of piperidine rings is 1. The molecule has 276 valence electrons. The van der Waals surface area contributed by atoms with Crippen LogP contribution in [0.15, 0.2) is 116 Å². The summed E-state index contributed by atoms with van der Waals surface area (Å²) in [6.07, 6.45) is 10.5. The molecule has 6 heteroatoms. The number of rotatable bonds is 15. The van der Waals surface area contributed by atoms with Gasteiger partial charge in [-0.15, -0.1) is 6.58 Å². The third-order valence-electron chi connectivity index (χ3n) is 12.9. The van der Waals surface area contributed by atoms with Crippen molar-refractivity contribution in [3.05, 3.63) is 144 Å². The number of benzene rings is 4. The van der Waals surface area contributed by atoms with Gasteiger partial charge in [-0.05, 0) is 86.4 Å². The zero-order chi connectivity index (χ0) is 36.4. The second-order valence-corrected chi connectivity index (χ2v) is 15.8. The number of aryl methyl sites for hydroxylation is 1. The van der Waals surface area contributed by atoms with E-state index in [1.165, 1.54) is 42.0 Å². The van der Waals surface area contributed by atoms with Crippen LogP contribution in [0.4, 0.5) is 0 Å². The van der Waals surface area contributed by atoms with Crippen LogP contribution in [0, 0.1) is 0 Å². The van der Waals surface area contributed by atoms with Crippen molar-refractivity contribution >= 4 is 5.97 Å². The smallest absolute Gasteiger partial charge is 0.308 e. The number of carbonyl (C=O) groups excluding carboxylic acids is 1. The average molecular weight is 711 g/mol. The summed E-state index contributed by atoms with van der Waals surface area (Å²) in [6, 6.07) is 36.7. The Labute approximate surface area is 315 Å². The van der Waals surface area contributed by atoms with Crippen LogP contribution in [0.25, 0.3) is 0 Å². The summed E-state index contributed by atoms with van der Waals surface area (Å²) in [4.78, 5) is 17.5. The van der Waals surface area contributed by atoms with E-state index in [-0.39, 0.29) is 30.1 Å². The van der Waals surface area contributed by atoms with Gasteiger partial charge in [-0.25, -0.2) is 0 Å². The van der Waals surface area contributed by atoms with E-state index in [4.69, 9.17) is 9.47 Å². The third-order valence-corrected chi connectivity index (χ3v) is 12.9. The first-order valence-electron chi connectivity index (χ1n) is 19.9. The molecule has 0 radical (unpaired) electrons. The number of unbranched alkanes of at least 4 members (excludes halogenated alkanes) is 3. The van der Waals surface area contributed by atoms with Crippen LogP contribution in [0.2, 0.25) is 0 Å². The van der Waals surface area contributed by atoms with Gasteiger partial charge in [-0.1, -0.05) is 116 Å². The van der Waals surface area contributed by atoms with E-state index in [1.807, 2.05) is 12.1 Å². The van der Waals surface area contributed by atoms with E-state index < -0.39 is 11.0 Å². The minimum atomic E-state index is -0.968. The van der Waals surface area contributed by atoms with E-state index in [1.54, 1.807) is 0 Å². The lowest BCUT2D eigenvalue weighted by Gasteiger charge is -2.65. The number of esters is 1. The summed E-state index contributed by atoms with van der Waals surface area (Å²) in [7, 11) is 0. The maximum Gasteiger partial charge on any atom is 0.308 e. The highest BCUT2D eigenvalue weighted by atomic mass is 16.6. The third kappa shape index (κ3) is 6.53. The Bertz CT molecular complexity index is 1840. The second-order valence-electron chi connectivity index (χ2n) is 15.8. The van der Waals surface area contributed by atoms with Crippen molar-refractivity contribution in [2.45, 2.75) is 99.8 Å². The van der Waals surface area contributed by atoms with E-state index in [9.17, 15) is 9.90 Å². The first kappa shape index (κ1) is 35.8. The molecule has 2 heterocycles. The average Bonchev–Trinajstić information content (AvgIpc) is 3.53. The van der Waals surface area contributed by atoms with Crippen LogP contribution in [-0.2, 0) is 23.1 Å². The quantitative estimate of drug-likeness (QED) is 0.0581. The van der Waals surface area contributed by atoms with Gasteiger partial charge in [0.1, 0.15) is 6.10 Å². The van der Waals surface area contributed by atoms with Gasteiger partial charge in [0.05, 0.1) is 11.0 Å². The number of likely N-dealkylation sites (tertiary alicyclic amines) is 1. The van der Waals surface area contributed by atoms with Crippen molar-refractivity contribution in [3.8, 4) is 11.5 Å². The van der Waals surface area contributed by atoms with Crippen molar-refractivity contribution < 1.29 is 19.4 Å². The summed E-state index contributed by atoms with van der Waals surface area (Å²) < 4.78 is 13.1. The molecule has 1 saturated heterocycles. The maximum absolute atomic E-state index is 13.2. The van der Waals surface area contributed by atoms with E-state index >= 15 is 0 Å². The Morgan fingerprint density at radius 1 is 0.943 bits per heavy atom. The molecule has 5 atom stereocenters. The molecule has 0 amide bonds. The van der Waals surface area contributed by atoms with Crippen molar-refractivity contribution in [1.82, 2.24) is 9.80 Å². The normalized spacial score (nSPS) is 25.5. The number of aliphatic hydroxyl groups is 1. The highest BCUT2D eigenvalue weighted by Crippen LogP contribution is 2.66. The first-order valence-corrected chi connectivity index (χ1v) is 19.9. The highest BCUT2D eigenvalue weighted by Gasteiger charge is 2.73. The van der Waals surface area contributed by atoms with Gasteiger partial charge in [0.2, 0.25) is 0 Å². The fourth-order valence-corrected chi connectivity index (χ4v) is 10.6. The van der Waals surface area contributed by atoms with E-state index in [2.05, 4.69) is 113 Å². The number of nitrogens with zero attached hydrogens (tertiary/aromatic N) is 2. The fraction of sp³-hybridized carbons (Fsp3) is 0.426. The highest BCUT2D eigenvalue weighted by molar-refractivity contribution is 5.72. The molecule has 1 spiro atoms. The van der Waals surface area contributed by atoms with Crippen molar-refractivity contribution in [2.75, 3.05) is 26.2 Å². The first-order chi connectivity index (χ1) is 25.9. The van der Waals surface area contributed by atoms with Crippen LogP contribution in [0.5, 0.6) is 11.5 Å². The van der Waals surface area contributed by atoms with Gasteiger partial charge in [0, 0.05) is 43.6 Å². The summed E-state index contributed by atoms with van der Waals surface area (Å²) >= 11 is 0. The molecule has 0 unspecified atom stereocenters. The van der Waals surface area contributed by atoms with Gasteiger partial charge < -0.3 is 14.6 Å². The zero-order valence-corrected chi connectivity index (χ0v) is 31.2. The Morgan fingerprint density at radius 2 is 1.62 bits per heavy atom. The lowest BCUT2D eigenvalue weighted by atomic mass is 9.48. The number of hydrogen-bond donors (Lipinski definition) is 1. The molecule has 2 aliphatic carbocycles. The molecular weight excluding hydrogens is 657 g/mol. The summed E-state index contributed by atoms with van der Waals surface area (Å²) in [5, 5.41) is 13.2. The van der Waals surface area contributed by atoms with Gasteiger partial charge in [-0.2, -0.15) is 0 Å². The Kier molecular flexibility index (Phi) is 10.3. The molecule has 2 fully saturated rings. The topological polar surface area (TPSA) is 62.2 Å². The molecule has 53 heavy (non-hydrogen) atoms. The standard InChI is InChI=1S/C47H54N2O4/c1-3-29-48-31-28-46-43-38-24-25-41(52-34(2)50)44(43)53-45(46)40(26-27-47(46,51)42(48)32-38)49(30-16-5-4-9-17-35-18-10-6-11-19-35)33-39(36-20-12-7-13-21-36)37-22-14-8-15-23-37/h3,6-8,10-15,18-25,39-40,42,45,51H,1,4-5,9,16-17,26-33H2,2H3/t40-,42+,45-,46-,47+/m0/s1. The number of carbonyl (C=O) groups is 1. The largest absolute Gasteiger partial charge is 0.483 e. The van der Waals surface area contributed by atoms with Gasteiger partial charge in [0.25, 0.3) is 0 Å². The molecule has 0 aromatic heterocycles. The van der Waals surface area contributed by atoms with Crippen LogP contribution in [-0.4, -0.2) is 70.8 Å². The molecule has 2 bridgehead atoms. The minimum absolute atomic E-state index is 0.0289. The summed E-state index contributed by atoms with van der Waals surface area (Å²) in [5.41, 5.74) is 4.76.